The lowest BCUT2D eigenvalue weighted by atomic mass is 10.1. The van der Waals surface area contributed by atoms with Crippen molar-refractivity contribution in [2.45, 2.75) is 26.3 Å². The minimum atomic E-state index is -1.18. The zero-order valence-corrected chi connectivity index (χ0v) is 17.5. The van der Waals surface area contributed by atoms with Gasteiger partial charge in [0.1, 0.15) is 11.3 Å². The quantitative estimate of drug-likeness (QED) is 0.605. The van der Waals surface area contributed by atoms with E-state index in [2.05, 4.69) is 10.4 Å². The molecular weight excluding hydrogens is 382 g/mol. The molecule has 1 aromatic heterocycles. The Labute approximate surface area is 175 Å². The highest BCUT2D eigenvalue weighted by atomic mass is 16.5. The van der Waals surface area contributed by atoms with Crippen LogP contribution in [0.3, 0.4) is 0 Å². The Balaban J connectivity index is 1.99. The van der Waals surface area contributed by atoms with Gasteiger partial charge in [-0.15, -0.1) is 0 Å². The second-order valence-electron chi connectivity index (χ2n) is 7.19. The minimum absolute atomic E-state index is 0.196. The molecule has 0 aliphatic carbocycles. The summed E-state index contributed by atoms with van der Waals surface area (Å²) in [6.45, 7) is 5.16. The molecule has 0 fully saturated rings. The van der Waals surface area contributed by atoms with E-state index in [1.54, 1.807) is 38.6 Å². The summed E-state index contributed by atoms with van der Waals surface area (Å²) in [5.41, 5.74) is 1.44. The van der Waals surface area contributed by atoms with E-state index in [-0.39, 0.29) is 12.3 Å². The number of esters is 1. The molecule has 7 nitrogen and oxygen atoms in total. The van der Waals surface area contributed by atoms with Gasteiger partial charge in [0.05, 0.1) is 25.1 Å². The molecule has 2 aromatic carbocycles. The first kappa shape index (κ1) is 21.1. The van der Waals surface area contributed by atoms with Gasteiger partial charge in [0.25, 0.3) is 5.91 Å². The topological polar surface area (TPSA) is 82.5 Å². The molecular formula is C23H25N3O4. The summed E-state index contributed by atoms with van der Waals surface area (Å²) < 4.78 is 12.0. The van der Waals surface area contributed by atoms with Gasteiger partial charge in [-0.2, -0.15) is 5.10 Å². The number of nitrogens with zero attached hydrogens (tertiary/aromatic N) is 2. The van der Waals surface area contributed by atoms with Gasteiger partial charge in [-0.1, -0.05) is 18.2 Å². The van der Waals surface area contributed by atoms with Crippen molar-refractivity contribution in [3.63, 3.8) is 0 Å². The normalized spacial score (nSPS) is 11.1. The van der Waals surface area contributed by atoms with E-state index in [9.17, 15) is 9.59 Å². The van der Waals surface area contributed by atoms with Gasteiger partial charge in [-0.25, -0.2) is 9.48 Å². The lowest BCUT2D eigenvalue weighted by molar-refractivity contribution is -0.149. The Morgan fingerprint density at radius 1 is 1.07 bits per heavy atom. The van der Waals surface area contributed by atoms with E-state index >= 15 is 0 Å². The second kappa shape index (κ2) is 8.82. The molecule has 0 aliphatic rings. The molecule has 0 saturated heterocycles. The largest absolute Gasteiger partial charge is 0.497 e. The Morgan fingerprint density at radius 3 is 2.33 bits per heavy atom. The van der Waals surface area contributed by atoms with Crippen LogP contribution >= 0.6 is 0 Å². The van der Waals surface area contributed by atoms with Crippen molar-refractivity contribution in [1.29, 1.82) is 0 Å². The summed E-state index contributed by atoms with van der Waals surface area (Å²) in [5.74, 6) is -0.229. The third-order valence-corrected chi connectivity index (χ3v) is 4.54. The molecule has 1 N–H and O–H groups in total. The molecule has 0 atom stereocenters. The predicted molar refractivity (Wildman–Crippen MR) is 114 cm³/mol. The first-order valence-electron chi connectivity index (χ1n) is 9.65. The molecule has 0 aliphatic heterocycles. The monoisotopic (exact) mass is 407 g/mol. The smallest absolute Gasteiger partial charge is 0.331 e. The number of para-hydroxylation sites is 1. The standard InChI is InChI=1S/C23H25N3O4/c1-5-30-22(28)23(2,3)24-21(27)19-15-20(16-11-13-18(29-4)14-12-16)26(25-19)17-9-7-6-8-10-17/h6-15H,5H2,1-4H3,(H,24,27). The Bertz CT molecular complexity index is 1020. The highest BCUT2D eigenvalue weighted by Gasteiger charge is 2.32. The fraction of sp³-hybridized carbons (Fsp3) is 0.261. The maximum Gasteiger partial charge on any atom is 0.331 e. The van der Waals surface area contributed by atoms with E-state index in [0.717, 1.165) is 22.7 Å². The average molecular weight is 407 g/mol. The van der Waals surface area contributed by atoms with E-state index in [4.69, 9.17) is 9.47 Å². The van der Waals surface area contributed by atoms with Crippen LogP contribution in [0.1, 0.15) is 31.3 Å². The molecule has 3 aromatic rings. The highest BCUT2D eigenvalue weighted by molar-refractivity contribution is 5.97. The molecule has 3 rings (SSSR count). The van der Waals surface area contributed by atoms with Gasteiger partial charge >= 0.3 is 5.97 Å². The van der Waals surface area contributed by atoms with Crippen molar-refractivity contribution < 1.29 is 19.1 Å². The predicted octanol–water partition coefficient (Wildman–Crippen LogP) is 3.62. The van der Waals surface area contributed by atoms with E-state index < -0.39 is 17.4 Å². The highest BCUT2D eigenvalue weighted by Crippen LogP contribution is 2.26. The molecule has 0 saturated carbocycles. The minimum Gasteiger partial charge on any atom is -0.497 e. The van der Waals surface area contributed by atoms with Gasteiger partial charge in [-0.05, 0) is 63.2 Å². The van der Waals surface area contributed by atoms with Crippen LogP contribution in [0.5, 0.6) is 5.75 Å². The van der Waals surface area contributed by atoms with Crippen molar-refractivity contribution >= 4 is 11.9 Å². The molecule has 156 valence electrons. The van der Waals surface area contributed by atoms with Crippen LogP contribution in [0, 0.1) is 0 Å². The maximum absolute atomic E-state index is 12.9. The maximum atomic E-state index is 12.9. The average Bonchev–Trinajstić information content (AvgIpc) is 3.20. The Hall–Kier alpha value is -3.61. The van der Waals surface area contributed by atoms with Gasteiger partial charge in [0.2, 0.25) is 0 Å². The zero-order chi connectivity index (χ0) is 21.7. The number of rotatable bonds is 7. The first-order chi connectivity index (χ1) is 14.4. The summed E-state index contributed by atoms with van der Waals surface area (Å²) in [7, 11) is 1.61. The molecule has 1 heterocycles. The van der Waals surface area contributed by atoms with Gasteiger partial charge in [0, 0.05) is 5.56 Å². The van der Waals surface area contributed by atoms with Crippen LogP contribution < -0.4 is 10.1 Å². The van der Waals surface area contributed by atoms with E-state index in [0.29, 0.717) is 0 Å². The number of hydrogen-bond acceptors (Lipinski definition) is 5. The number of carbonyl (C=O) groups excluding carboxylic acids is 2. The van der Waals surface area contributed by atoms with Crippen LogP contribution in [-0.4, -0.2) is 40.9 Å². The summed E-state index contributed by atoms with van der Waals surface area (Å²) >= 11 is 0. The first-order valence-corrected chi connectivity index (χ1v) is 9.65. The number of methoxy groups -OCH3 is 1. The van der Waals surface area contributed by atoms with Crippen LogP contribution in [0.15, 0.2) is 60.7 Å². The third kappa shape index (κ3) is 4.51. The van der Waals surface area contributed by atoms with Crippen LogP contribution in [0.25, 0.3) is 16.9 Å². The molecule has 30 heavy (non-hydrogen) atoms. The van der Waals surface area contributed by atoms with Crippen LogP contribution in [-0.2, 0) is 9.53 Å². The van der Waals surface area contributed by atoms with Crippen LogP contribution in [0.4, 0.5) is 0 Å². The third-order valence-electron chi connectivity index (χ3n) is 4.54. The van der Waals surface area contributed by atoms with E-state index in [1.807, 2.05) is 54.6 Å². The Morgan fingerprint density at radius 2 is 1.73 bits per heavy atom. The number of aromatic nitrogens is 2. The van der Waals surface area contributed by atoms with Crippen molar-refractivity contribution in [3.05, 3.63) is 66.4 Å². The summed E-state index contributed by atoms with van der Waals surface area (Å²) in [6.07, 6.45) is 0. The van der Waals surface area contributed by atoms with Crippen molar-refractivity contribution in [2.24, 2.45) is 0 Å². The lowest BCUT2D eigenvalue weighted by Gasteiger charge is -2.23. The molecule has 1 amide bonds. The molecule has 0 unspecified atom stereocenters. The van der Waals surface area contributed by atoms with Gasteiger partial charge in [-0.3, -0.25) is 4.79 Å². The number of carbonyl (C=O) groups is 2. The zero-order valence-electron chi connectivity index (χ0n) is 17.5. The molecule has 0 bridgehead atoms. The van der Waals surface area contributed by atoms with Gasteiger partial charge in [0.15, 0.2) is 5.69 Å². The van der Waals surface area contributed by atoms with Crippen molar-refractivity contribution in [1.82, 2.24) is 15.1 Å². The SMILES string of the molecule is CCOC(=O)C(C)(C)NC(=O)c1cc(-c2ccc(OC)cc2)n(-c2ccccc2)n1. The molecule has 0 radical (unpaired) electrons. The van der Waals surface area contributed by atoms with Gasteiger partial charge < -0.3 is 14.8 Å². The summed E-state index contributed by atoms with van der Waals surface area (Å²) in [4.78, 5) is 25.0. The number of amides is 1. The van der Waals surface area contributed by atoms with Crippen molar-refractivity contribution in [3.8, 4) is 22.7 Å². The molecule has 7 heteroatoms. The second-order valence-corrected chi connectivity index (χ2v) is 7.19. The number of ether oxygens (including phenoxy) is 2. The Kier molecular flexibility index (Phi) is 6.20. The van der Waals surface area contributed by atoms with Crippen molar-refractivity contribution in [2.75, 3.05) is 13.7 Å². The van der Waals surface area contributed by atoms with E-state index in [1.165, 1.54) is 0 Å². The molecule has 0 spiro atoms. The fourth-order valence-corrected chi connectivity index (χ4v) is 2.94. The lowest BCUT2D eigenvalue weighted by Crippen LogP contribution is -2.50. The van der Waals surface area contributed by atoms with Crippen LogP contribution in [0.2, 0.25) is 0 Å². The number of hydrogen-bond donors (Lipinski definition) is 1. The summed E-state index contributed by atoms with van der Waals surface area (Å²) in [5, 5.41) is 7.22. The summed E-state index contributed by atoms with van der Waals surface area (Å²) in [6, 6.07) is 18.7. The number of nitrogens with one attached hydrogen (secondary N) is 1. The fourth-order valence-electron chi connectivity index (χ4n) is 2.94. The number of benzene rings is 2.